The molecule has 2 aromatic carbocycles. The van der Waals surface area contributed by atoms with E-state index in [1.54, 1.807) is 35.6 Å². The van der Waals surface area contributed by atoms with Gasteiger partial charge < -0.3 is 14.5 Å². The molecule has 0 aliphatic carbocycles. The lowest BCUT2D eigenvalue weighted by Gasteiger charge is -2.35. The van der Waals surface area contributed by atoms with Gasteiger partial charge in [0.25, 0.3) is 11.8 Å². The molecule has 1 saturated heterocycles. The van der Waals surface area contributed by atoms with E-state index in [2.05, 4.69) is 14.7 Å². The first kappa shape index (κ1) is 22.9. The van der Waals surface area contributed by atoms with Crippen molar-refractivity contribution in [2.75, 3.05) is 30.9 Å². The van der Waals surface area contributed by atoms with Crippen molar-refractivity contribution < 1.29 is 9.59 Å². The fourth-order valence-electron chi connectivity index (χ4n) is 4.15. The molecule has 0 atom stereocenters. The van der Waals surface area contributed by atoms with Gasteiger partial charge in [0.05, 0.1) is 10.4 Å². The van der Waals surface area contributed by atoms with Crippen LogP contribution in [0, 0.1) is 6.92 Å². The molecule has 1 aliphatic rings. The summed E-state index contributed by atoms with van der Waals surface area (Å²) >= 11 is 1.51. The van der Waals surface area contributed by atoms with Gasteiger partial charge in [-0.25, -0.2) is 0 Å². The molecule has 1 N–H and O–H groups in total. The highest BCUT2D eigenvalue weighted by molar-refractivity contribution is 8.00. The molecule has 0 spiro atoms. The second-order valence-corrected chi connectivity index (χ2v) is 9.23. The Kier molecular flexibility index (Phi) is 6.63. The van der Waals surface area contributed by atoms with E-state index < -0.39 is 0 Å². The van der Waals surface area contributed by atoms with Crippen molar-refractivity contribution in [1.29, 1.82) is 0 Å². The van der Waals surface area contributed by atoms with E-state index in [0.29, 0.717) is 37.3 Å². The van der Waals surface area contributed by atoms with E-state index in [1.165, 1.54) is 11.9 Å². The number of benzene rings is 2. The van der Waals surface area contributed by atoms with Crippen LogP contribution in [0.3, 0.4) is 0 Å². The quantitative estimate of drug-likeness (QED) is 0.416. The summed E-state index contributed by atoms with van der Waals surface area (Å²) < 4.78 is 3.40. The monoisotopic (exact) mass is 483 g/mol. The Morgan fingerprint density at radius 2 is 1.51 bits per heavy atom. The number of fused-ring (bicyclic) bond motifs is 1. The second-order valence-electron chi connectivity index (χ2n) is 8.39. The van der Waals surface area contributed by atoms with Gasteiger partial charge in [-0.15, -0.1) is 0 Å². The molecule has 1 fully saturated rings. The summed E-state index contributed by atoms with van der Waals surface area (Å²) in [5.74, 6) is -0.0359. The van der Waals surface area contributed by atoms with E-state index in [-0.39, 0.29) is 11.8 Å². The zero-order valence-corrected chi connectivity index (χ0v) is 20.2. The molecule has 35 heavy (non-hydrogen) atoms. The summed E-state index contributed by atoms with van der Waals surface area (Å²) in [7, 11) is 0. The van der Waals surface area contributed by atoms with Crippen molar-refractivity contribution in [2.45, 2.75) is 11.8 Å². The Bertz CT molecular complexity index is 1370. The van der Waals surface area contributed by atoms with Crippen molar-refractivity contribution in [1.82, 2.24) is 19.8 Å². The van der Waals surface area contributed by atoms with Crippen molar-refractivity contribution >= 4 is 40.4 Å². The number of amides is 2. The molecule has 5 rings (SSSR count). The molecule has 3 heterocycles. The SMILES string of the molecule is Cc1cc(C(=O)N2CCN(C(=O)c3ccncc3)CC2)ccc1NSc1cccc2cccnc12. The lowest BCUT2D eigenvalue weighted by atomic mass is 10.1. The highest BCUT2D eigenvalue weighted by Gasteiger charge is 2.25. The number of hydrogen-bond donors (Lipinski definition) is 1. The smallest absolute Gasteiger partial charge is 0.254 e. The zero-order valence-electron chi connectivity index (χ0n) is 19.3. The number of rotatable bonds is 5. The van der Waals surface area contributed by atoms with Crippen LogP contribution in [0.2, 0.25) is 0 Å². The number of aryl methyl sites for hydroxylation is 1. The number of pyridine rings is 2. The Morgan fingerprint density at radius 3 is 2.23 bits per heavy atom. The van der Waals surface area contributed by atoms with Gasteiger partial charge >= 0.3 is 0 Å². The molecule has 0 bridgehead atoms. The summed E-state index contributed by atoms with van der Waals surface area (Å²) in [5.41, 5.74) is 4.17. The third-order valence-corrected chi connectivity index (χ3v) is 6.99. The minimum Gasteiger partial charge on any atom is -0.335 e. The predicted octanol–water partition coefficient (Wildman–Crippen LogP) is 4.66. The largest absolute Gasteiger partial charge is 0.335 e. The third-order valence-electron chi connectivity index (χ3n) is 6.12. The average molecular weight is 484 g/mol. The molecule has 1 aliphatic heterocycles. The topological polar surface area (TPSA) is 78.4 Å². The Labute approximate surface area is 208 Å². The van der Waals surface area contributed by atoms with E-state index in [9.17, 15) is 9.59 Å². The van der Waals surface area contributed by atoms with Gasteiger partial charge in [0.15, 0.2) is 0 Å². The molecular weight excluding hydrogens is 458 g/mol. The summed E-state index contributed by atoms with van der Waals surface area (Å²) in [4.78, 5) is 38.9. The van der Waals surface area contributed by atoms with Crippen molar-refractivity contribution in [2.24, 2.45) is 0 Å². The van der Waals surface area contributed by atoms with Gasteiger partial charge in [-0.05, 0) is 66.9 Å². The van der Waals surface area contributed by atoms with Gasteiger partial charge in [0, 0.05) is 67.0 Å². The molecule has 7 nitrogen and oxygen atoms in total. The number of hydrogen-bond acceptors (Lipinski definition) is 6. The van der Waals surface area contributed by atoms with Crippen LogP contribution in [-0.4, -0.2) is 57.8 Å². The van der Waals surface area contributed by atoms with Crippen LogP contribution in [-0.2, 0) is 0 Å². The summed E-state index contributed by atoms with van der Waals surface area (Å²) in [5, 5.41) is 1.10. The van der Waals surface area contributed by atoms with Crippen LogP contribution in [0.4, 0.5) is 5.69 Å². The molecular formula is C27H25N5O2S. The number of carbonyl (C=O) groups is 2. The zero-order chi connectivity index (χ0) is 24.2. The highest BCUT2D eigenvalue weighted by atomic mass is 32.2. The molecule has 176 valence electrons. The lowest BCUT2D eigenvalue weighted by Crippen LogP contribution is -2.50. The average Bonchev–Trinajstić information content (AvgIpc) is 2.92. The Balaban J connectivity index is 1.21. The number of piperazine rings is 1. The molecule has 2 aromatic heterocycles. The minimum atomic E-state index is -0.0235. The third kappa shape index (κ3) is 4.97. The van der Waals surface area contributed by atoms with E-state index in [4.69, 9.17) is 0 Å². The minimum absolute atomic E-state index is 0.0124. The normalized spacial score (nSPS) is 13.6. The highest BCUT2D eigenvalue weighted by Crippen LogP contribution is 2.29. The molecule has 2 amide bonds. The second kappa shape index (κ2) is 10.1. The van der Waals surface area contributed by atoms with Crippen molar-refractivity contribution in [3.05, 3.63) is 95.9 Å². The Hall–Kier alpha value is -3.91. The van der Waals surface area contributed by atoms with Crippen LogP contribution in [0.25, 0.3) is 10.9 Å². The van der Waals surface area contributed by atoms with Crippen LogP contribution in [0.1, 0.15) is 26.3 Å². The number of nitrogens with one attached hydrogen (secondary N) is 1. The van der Waals surface area contributed by atoms with Crippen molar-refractivity contribution in [3.63, 3.8) is 0 Å². The maximum absolute atomic E-state index is 13.1. The van der Waals surface area contributed by atoms with Gasteiger partial charge in [-0.3, -0.25) is 19.6 Å². The number of para-hydroxylation sites is 1. The molecule has 0 saturated carbocycles. The van der Waals surface area contributed by atoms with Gasteiger partial charge in [0.2, 0.25) is 0 Å². The Morgan fingerprint density at radius 1 is 0.829 bits per heavy atom. The number of anilines is 1. The predicted molar refractivity (Wildman–Crippen MR) is 138 cm³/mol. The number of nitrogens with zero attached hydrogens (tertiary/aromatic N) is 4. The fraction of sp³-hybridized carbons (Fsp3) is 0.185. The number of aromatic nitrogens is 2. The van der Waals surface area contributed by atoms with Crippen LogP contribution in [0.5, 0.6) is 0 Å². The van der Waals surface area contributed by atoms with Gasteiger partial charge in [-0.1, -0.05) is 18.2 Å². The van der Waals surface area contributed by atoms with Crippen molar-refractivity contribution in [3.8, 4) is 0 Å². The lowest BCUT2D eigenvalue weighted by molar-refractivity contribution is 0.0535. The van der Waals surface area contributed by atoms with Gasteiger partial charge in [-0.2, -0.15) is 0 Å². The first-order chi connectivity index (χ1) is 17.1. The van der Waals surface area contributed by atoms with E-state index in [0.717, 1.165) is 27.0 Å². The molecule has 0 radical (unpaired) electrons. The van der Waals surface area contributed by atoms with Crippen LogP contribution in [0.15, 0.2) is 84.1 Å². The molecule has 4 aromatic rings. The maximum atomic E-state index is 13.1. The standard InChI is InChI=1S/C27H25N5O2S/c1-19-18-22(7-8-23(19)30-35-24-6-2-4-20-5-3-11-29-25(20)24)27(34)32-16-14-31(15-17-32)26(33)21-9-12-28-13-10-21/h2-13,18,30H,14-17H2,1H3. The van der Waals surface area contributed by atoms with Crippen LogP contribution >= 0.6 is 11.9 Å². The number of carbonyl (C=O) groups excluding carboxylic acids is 2. The summed E-state index contributed by atoms with van der Waals surface area (Å²) in [6.45, 7) is 4.05. The first-order valence-electron chi connectivity index (χ1n) is 11.5. The van der Waals surface area contributed by atoms with Crippen LogP contribution < -0.4 is 4.72 Å². The summed E-state index contributed by atoms with van der Waals surface area (Å²) in [6.07, 6.45) is 5.03. The first-order valence-corrected chi connectivity index (χ1v) is 12.3. The van der Waals surface area contributed by atoms with E-state index in [1.807, 2.05) is 60.4 Å². The maximum Gasteiger partial charge on any atom is 0.254 e. The fourth-order valence-corrected chi connectivity index (χ4v) is 5.01. The van der Waals surface area contributed by atoms with E-state index >= 15 is 0 Å². The van der Waals surface area contributed by atoms with Gasteiger partial charge in [0.1, 0.15) is 0 Å². The molecule has 0 unspecified atom stereocenters. The summed E-state index contributed by atoms with van der Waals surface area (Å²) in [6, 6.07) is 19.2. The molecule has 8 heteroatoms.